The molecule has 0 N–H and O–H groups in total. The molecular formula is C44H24N4S. The van der Waals surface area contributed by atoms with Gasteiger partial charge in [0.15, 0.2) is 0 Å². The first-order valence-electron chi connectivity index (χ1n) is 16.1. The number of para-hydroxylation sites is 3. The van der Waals surface area contributed by atoms with Gasteiger partial charge in [-0.05, 0) is 72.3 Å². The van der Waals surface area contributed by atoms with E-state index >= 15 is 0 Å². The maximum absolute atomic E-state index is 10.00. The number of hydrogen-bond donors (Lipinski definition) is 0. The standard InChI is InChI=1S/C44H24N4S/c45-25-27-15-20-40-36(22-27)33-11-5-7-13-39(33)48(40)41-23-28(26-46)14-17-31(41)29-16-21-42-37(24-29)35-19-18-34-32-10-4-6-12-38(32)47(43(34)44(35)49-42)30-8-2-1-3-9-30/h1-24H. The molecule has 0 amide bonds. The van der Waals surface area contributed by atoms with Gasteiger partial charge >= 0.3 is 0 Å². The van der Waals surface area contributed by atoms with Gasteiger partial charge < -0.3 is 9.13 Å². The fourth-order valence-electron chi connectivity index (χ4n) is 7.63. The number of benzene rings is 7. The summed E-state index contributed by atoms with van der Waals surface area (Å²) in [6.07, 6.45) is 0. The van der Waals surface area contributed by atoms with Crippen LogP contribution in [0.15, 0.2) is 146 Å². The molecule has 4 nitrogen and oxygen atoms in total. The zero-order valence-electron chi connectivity index (χ0n) is 26.1. The van der Waals surface area contributed by atoms with Crippen molar-refractivity contribution in [3.05, 3.63) is 157 Å². The number of aromatic nitrogens is 2. The first-order valence-corrected chi connectivity index (χ1v) is 17.0. The van der Waals surface area contributed by atoms with Gasteiger partial charge in [0.1, 0.15) is 0 Å². The van der Waals surface area contributed by atoms with E-state index in [2.05, 4.69) is 124 Å². The van der Waals surface area contributed by atoms with Crippen LogP contribution in [0.2, 0.25) is 0 Å². The summed E-state index contributed by atoms with van der Waals surface area (Å²) in [5, 5.41) is 26.7. The second kappa shape index (κ2) is 10.4. The van der Waals surface area contributed by atoms with Crippen LogP contribution in [-0.2, 0) is 0 Å². The molecule has 0 saturated carbocycles. The van der Waals surface area contributed by atoms with Gasteiger partial charge in [0, 0.05) is 48.3 Å². The van der Waals surface area contributed by atoms with Crippen molar-refractivity contribution in [2.45, 2.75) is 0 Å². The summed E-state index contributed by atoms with van der Waals surface area (Å²) in [5.74, 6) is 0. The summed E-state index contributed by atoms with van der Waals surface area (Å²) in [5.41, 5.74) is 9.86. The molecule has 7 aromatic carbocycles. The summed E-state index contributed by atoms with van der Waals surface area (Å²) in [6, 6.07) is 55.3. The van der Waals surface area contributed by atoms with Crippen LogP contribution in [0, 0.1) is 22.7 Å². The maximum Gasteiger partial charge on any atom is 0.0992 e. The van der Waals surface area contributed by atoms with E-state index in [0.29, 0.717) is 11.1 Å². The molecule has 3 aromatic heterocycles. The summed E-state index contributed by atoms with van der Waals surface area (Å²) in [4.78, 5) is 0. The van der Waals surface area contributed by atoms with Crippen molar-refractivity contribution in [1.29, 1.82) is 10.5 Å². The maximum atomic E-state index is 10.00. The molecule has 5 heteroatoms. The van der Waals surface area contributed by atoms with Crippen molar-refractivity contribution in [2.75, 3.05) is 0 Å². The first kappa shape index (κ1) is 27.5. The Balaban J connectivity index is 1.25. The van der Waals surface area contributed by atoms with E-state index < -0.39 is 0 Å². The topological polar surface area (TPSA) is 57.4 Å². The Hall–Kier alpha value is -6.66. The van der Waals surface area contributed by atoms with Gasteiger partial charge in [0.05, 0.1) is 55.7 Å². The van der Waals surface area contributed by atoms with Crippen LogP contribution < -0.4 is 0 Å². The molecule has 0 aliphatic carbocycles. The molecule has 0 bridgehead atoms. The minimum atomic E-state index is 0.594. The molecule has 10 rings (SSSR count). The highest BCUT2D eigenvalue weighted by Gasteiger charge is 2.20. The van der Waals surface area contributed by atoms with Crippen molar-refractivity contribution in [2.24, 2.45) is 0 Å². The number of thiophene rings is 1. The second-order valence-electron chi connectivity index (χ2n) is 12.4. The van der Waals surface area contributed by atoms with Crippen LogP contribution in [0.3, 0.4) is 0 Å². The third-order valence-electron chi connectivity index (χ3n) is 9.77. The lowest BCUT2D eigenvalue weighted by Crippen LogP contribution is -1.98. The van der Waals surface area contributed by atoms with Gasteiger partial charge in [-0.2, -0.15) is 10.5 Å². The Labute approximate surface area is 285 Å². The van der Waals surface area contributed by atoms with Crippen LogP contribution >= 0.6 is 11.3 Å². The van der Waals surface area contributed by atoms with Crippen LogP contribution in [0.25, 0.3) is 86.3 Å². The zero-order valence-corrected chi connectivity index (χ0v) is 26.9. The van der Waals surface area contributed by atoms with E-state index in [1.165, 1.54) is 42.0 Å². The predicted molar refractivity (Wildman–Crippen MR) is 203 cm³/mol. The number of fused-ring (bicyclic) bond motifs is 10. The van der Waals surface area contributed by atoms with Crippen molar-refractivity contribution >= 4 is 75.1 Å². The highest BCUT2D eigenvalue weighted by Crippen LogP contribution is 2.45. The summed E-state index contributed by atoms with van der Waals surface area (Å²) in [7, 11) is 0. The van der Waals surface area contributed by atoms with E-state index in [9.17, 15) is 10.5 Å². The first-order chi connectivity index (χ1) is 24.2. The average Bonchev–Trinajstić information content (AvgIpc) is 3.82. The van der Waals surface area contributed by atoms with Crippen molar-refractivity contribution in [3.8, 4) is 34.6 Å². The normalized spacial score (nSPS) is 11.6. The Morgan fingerprint density at radius 3 is 1.92 bits per heavy atom. The molecule has 0 radical (unpaired) electrons. The summed E-state index contributed by atoms with van der Waals surface area (Å²) in [6.45, 7) is 0. The molecule has 0 aliphatic heterocycles. The molecule has 0 spiro atoms. The van der Waals surface area contributed by atoms with E-state index in [1.54, 1.807) is 0 Å². The minimum absolute atomic E-state index is 0.594. The van der Waals surface area contributed by atoms with Gasteiger partial charge in [-0.15, -0.1) is 11.3 Å². The zero-order chi connectivity index (χ0) is 32.6. The van der Waals surface area contributed by atoms with E-state index in [-0.39, 0.29) is 0 Å². The van der Waals surface area contributed by atoms with Crippen molar-refractivity contribution in [1.82, 2.24) is 9.13 Å². The minimum Gasteiger partial charge on any atom is -0.309 e. The molecule has 0 aliphatic rings. The largest absolute Gasteiger partial charge is 0.309 e. The molecule has 10 aromatic rings. The molecule has 0 saturated heterocycles. The summed E-state index contributed by atoms with van der Waals surface area (Å²) < 4.78 is 7.13. The van der Waals surface area contributed by atoms with Crippen LogP contribution in [0.4, 0.5) is 0 Å². The molecule has 3 heterocycles. The quantitative estimate of drug-likeness (QED) is 0.193. The Morgan fingerprint density at radius 2 is 1.12 bits per heavy atom. The van der Waals surface area contributed by atoms with Gasteiger partial charge in [-0.1, -0.05) is 78.9 Å². The molecule has 0 atom stereocenters. The molecule has 49 heavy (non-hydrogen) atoms. The third kappa shape index (κ3) is 3.95. The summed E-state index contributed by atoms with van der Waals surface area (Å²) >= 11 is 1.84. The SMILES string of the molecule is N#Cc1ccc(-c2ccc3sc4c(ccc5c6ccccc6n(-c6ccccc6)c54)c3c2)c(-n2c3ccccc3c3cc(C#N)ccc32)c1. The predicted octanol–water partition coefficient (Wildman–Crippen LogP) is 11.7. The second-order valence-corrected chi connectivity index (χ2v) is 13.4. The van der Waals surface area contributed by atoms with E-state index in [1.807, 2.05) is 53.8 Å². The lowest BCUT2D eigenvalue weighted by molar-refractivity contribution is 1.18. The fraction of sp³-hybridized carbons (Fsp3) is 0. The van der Waals surface area contributed by atoms with Gasteiger partial charge in [0.25, 0.3) is 0 Å². The molecular weight excluding hydrogens is 617 g/mol. The van der Waals surface area contributed by atoms with Crippen molar-refractivity contribution < 1.29 is 0 Å². The molecule has 226 valence electrons. The van der Waals surface area contributed by atoms with Crippen LogP contribution in [0.5, 0.6) is 0 Å². The fourth-order valence-corrected chi connectivity index (χ4v) is 8.85. The van der Waals surface area contributed by atoms with Crippen LogP contribution in [-0.4, -0.2) is 9.13 Å². The van der Waals surface area contributed by atoms with E-state index in [0.717, 1.165) is 44.3 Å². The highest BCUT2D eigenvalue weighted by atomic mass is 32.1. The molecule has 0 unspecified atom stereocenters. The lowest BCUT2D eigenvalue weighted by atomic mass is 9.99. The van der Waals surface area contributed by atoms with E-state index in [4.69, 9.17) is 0 Å². The monoisotopic (exact) mass is 640 g/mol. The number of hydrogen-bond acceptors (Lipinski definition) is 3. The van der Waals surface area contributed by atoms with Gasteiger partial charge in [0.2, 0.25) is 0 Å². The Kier molecular flexibility index (Phi) is 5.84. The van der Waals surface area contributed by atoms with Gasteiger partial charge in [-0.25, -0.2) is 0 Å². The third-order valence-corrected chi connectivity index (χ3v) is 11.0. The average molecular weight is 641 g/mol. The van der Waals surface area contributed by atoms with Gasteiger partial charge in [-0.3, -0.25) is 0 Å². The highest BCUT2D eigenvalue weighted by molar-refractivity contribution is 7.26. The molecule has 0 fully saturated rings. The smallest absolute Gasteiger partial charge is 0.0992 e. The Bertz CT molecular complexity index is 3070. The lowest BCUT2D eigenvalue weighted by Gasteiger charge is -2.15. The van der Waals surface area contributed by atoms with Crippen molar-refractivity contribution in [3.63, 3.8) is 0 Å². The number of nitriles is 2. The number of nitrogens with zero attached hydrogens (tertiary/aromatic N) is 4. The van der Waals surface area contributed by atoms with Crippen LogP contribution in [0.1, 0.15) is 11.1 Å². The Morgan fingerprint density at radius 1 is 0.469 bits per heavy atom. The number of rotatable bonds is 3.